The Morgan fingerprint density at radius 2 is 1.57 bits per heavy atom. The fourth-order valence-electron chi connectivity index (χ4n) is 0. The Kier molecular flexibility index (Phi) is 12.4. The lowest BCUT2D eigenvalue weighted by atomic mass is 11.8. The molecule has 0 atom stereocenters. The fourth-order valence-corrected chi connectivity index (χ4v) is 0. The normalized spacial score (nSPS) is 4.86. The number of aliphatic hydroxyl groups is 1. The Hall–Kier alpha value is -0.640. The van der Waals surface area contributed by atoms with Gasteiger partial charge in [-0.3, -0.25) is 0 Å². The Bertz CT molecular complexity index is 141. The van der Waals surface area contributed by atoms with E-state index >= 15 is 0 Å². The van der Waals surface area contributed by atoms with Gasteiger partial charge in [0.25, 0.3) is 5.23 Å². The van der Waals surface area contributed by atoms with Gasteiger partial charge in [-0.05, 0) is 0 Å². The lowest BCUT2D eigenvalue weighted by Crippen LogP contribution is -1.48. The number of hydrogen-bond acceptors (Lipinski definition) is 4. The van der Waals surface area contributed by atoms with E-state index < -0.39 is 10.3 Å². The van der Waals surface area contributed by atoms with Gasteiger partial charge in [0.15, 0.2) is 0 Å². The summed E-state index contributed by atoms with van der Waals surface area (Å²) in [6.07, 6.45) is 0. The van der Waals surface area contributed by atoms with Crippen LogP contribution in [0.3, 0.4) is 0 Å². The molecule has 0 fully saturated rings. The van der Waals surface area contributed by atoms with E-state index in [0.717, 1.165) is 7.11 Å². The molecule has 0 unspecified atom stereocenters. The van der Waals surface area contributed by atoms with Crippen LogP contribution in [0.1, 0.15) is 0 Å². The highest BCUT2D eigenvalue weighted by Gasteiger charge is 1.47. The SMILES string of the molecule is CO.O=C=S(=O)=O. The van der Waals surface area contributed by atoms with Gasteiger partial charge in [-0.25, -0.2) is 4.79 Å². The van der Waals surface area contributed by atoms with E-state index in [1.807, 2.05) is 0 Å². The minimum atomic E-state index is -2.63. The number of carbonyl (C=O) groups excluding carboxylic acids is 1. The largest absolute Gasteiger partial charge is 0.400 e. The second-order valence-electron chi connectivity index (χ2n) is 0.318. The summed E-state index contributed by atoms with van der Waals surface area (Å²) in [5.41, 5.74) is 0. The maximum atomic E-state index is 8.94. The van der Waals surface area contributed by atoms with Crippen LogP contribution in [-0.4, -0.2) is 25.9 Å². The van der Waals surface area contributed by atoms with Crippen LogP contribution in [0.2, 0.25) is 0 Å². The van der Waals surface area contributed by atoms with E-state index in [4.69, 9.17) is 18.3 Å². The average molecular weight is 124 g/mol. The Morgan fingerprint density at radius 1 is 1.43 bits per heavy atom. The summed E-state index contributed by atoms with van der Waals surface area (Å²) in [5, 5.41) is 7.69. The van der Waals surface area contributed by atoms with Crippen molar-refractivity contribution in [2.24, 2.45) is 0 Å². The van der Waals surface area contributed by atoms with Gasteiger partial charge in [-0.1, -0.05) is 0 Å². The molecule has 0 aliphatic heterocycles. The zero-order chi connectivity index (χ0) is 6.28. The van der Waals surface area contributed by atoms with E-state index in [1.54, 1.807) is 0 Å². The zero-order valence-corrected chi connectivity index (χ0v) is 4.40. The Labute approximate surface area is 41.9 Å². The van der Waals surface area contributed by atoms with Crippen molar-refractivity contribution in [1.29, 1.82) is 0 Å². The predicted octanol–water partition coefficient (Wildman–Crippen LogP) is -1.46. The van der Waals surface area contributed by atoms with Gasteiger partial charge in [0.1, 0.15) is 0 Å². The van der Waals surface area contributed by atoms with Gasteiger partial charge in [0.05, 0.1) is 0 Å². The van der Waals surface area contributed by atoms with Gasteiger partial charge in [-0.2, -0.15) is 8.42 Å². The number of hydrogen-bond donors (Lipinski definition) is 1. The highest BCUT2D eigenvalue weighted by atomic mass is 32.2. The van der Waals surface area contributed by atoms with E-state index in [9.17, 15) is 0 Å². The first-order valence-electron chi connectivity index (χ1n) is 1.19. The van der Waals surface area contributed by atoms with Crippen LogP contribution in [0.4, 0.5) is 0 Å². The molecule has 0 radical (unpaired) electrons. The second-order valence-corrected chi connectivity index (χ2v) is 0.954. The van der Waals surface area contributed by atoms with Gasteiger partial charge >= 0.3 is 10.3 Å². The quantitative estimate of drug-likeness (QED) is 0.401. The third-order valence-electron chi connectivity index (χ3n) is 0.0680. The smallest absolute Gasteiger partial charge is 0.301 e. The molecule has 0 amide bonds. The summed E-state index contributed by atoms with van der Waals surface area (Å²) in [6.45, 7) is 0. The van der Waals surface area contributed by atoms with Crippen LogP contribution in [-0.2, 0) is 15.1 Å². The van der Waals surface area contributed by atoms with Gasteiger partial charge in [0.2, 0.25) is 0 Å². The molecular formula is C2H4O4S. The van der Waals surface area contributed by atoms with Crippen molar-refractivity contribution in [3.05, 3.63) is 0 Å². The third kappa shape index (κ3) is 32.7. The van der Waals surface area contributed by atoms with Crippen LogP contribution < -0.4 is 0 Å². The van der Waals surface area contributed by atoms with Crippen molar-refractivity contribution in [3.63, 3.8) is 0 Å². The number of aliphatic hydroxyl groups excluding tert-OH is 1. The van der Waals surface area contributed by atoms with E-state index in [0.29, 0.717) is 5.23 Å². The standard InChI is InChI=1S/CO3S.CH4O/c2-1-5(3)4;1-2/h;2H,1H3. The van der Waals surface area contributed by atoms with Crippen molar-refractivity contribution in [2.75, 3.05) is 7.11 Å². The molecule has 0 aromatic rings. The van der Waals surface area contributed by atoms with Crippen molar-refractivity contribution < 1.29 is 18.3 Å². The van der Waals surface area contributed by atoms with Crippen LogP contribution in [0.15, 0.2) is 0 Å². The molecule has 0 aliphatic rings. The maximum absolute atomic E-state index is 8.94. The minimum Gasteiger partial charge on any atom is -0.400 e. The molecule has 0 heterocycles. The van der Waals surface area contributed by atoms with Crippen molar-refractivity contribution in [3.8, 4) is 0 Å². The summed E-state index contributed by atoms with van der Waals surface area (Å²) in [6, 6.07) is 0. The second kappa shape index (κ2) is 9.03. The first-order valence-corrected chi connectivity index (χ1v) is 2.26. The van der Waals surface area contributed by atoms with Crippen LogP contribution >= 0.6 is 0 Å². The van der Waals surface area contributed by atoms with Gasteiger partial charge in [0, 0.05) is 7.11 Å². The molecule has 7 heavy (non-hydrogen) atoms. The predicted molar refractivity (Wildman–Crippen MR) is 22.8 cm³/mol. The molecule has 4 nitrogen and oxygen atoms in total. The number of rotatable bonds is 0. The molecule has 0 aromatic heterocycles. The van der Waals surface area contributed by atoms with Gasteiger partial charge in [-0.15, -0.1) is 0 Å². The third-order valence-corrected chi connectivity index (χ3v) is 0.204. The summed E-state index contributed by atoms with van der Waals surface area (Å²) in [7, 11) is -1.63. The molecule has 0 spiro atoms. The molecule has 0 rings (SSSR count). The topological polar surface area (TPSA) is 71.4 Å². The molecule has 0 aliphatic carbocycles. The lowest BCUT2D eigenvalue weighted by molar-refractivity contribution is 0.399. The van der Waals surface area contributed by atoms with E-state index in [-0.39, 0.29) is 0 Å². The molecule has 0 bridgehead atoms. The van der Waals surface area contributed by atoms with E-state index in [1.165, 1.54) is 0 Å². The van der Waals surface area contributed by atoms with Crippen LogP contribution in [0, 0.1) is 0 Å². The summed E-state index contributed by atoms with van der Waals surface area (Å²) in [4.78, 5) is 8.77. The molecule has 5 heteroatoms. The van der Waals surface area contributed by atoms with Crippen molar-refractivity contribution in [2.45, 2.75) is 0 Å². The molecule has 42 valence electrons. The molecule has 0 aromatic carbocycles. The monoisotopic (exact) mass is 124 g/mol. The van der Waals surface area contributed by atoms with E-state index in [2.05, 4.69) is 0 Å². The minimum absolute atomic E-state index is 0.694. The average Bonchev–Trinajstić information content (AvgIpc) is 1.73. The van der Waals surface area contributed by atoms with Crippen LogP contribution in [0.25, 0.3) is 0 Å². The molecule has 1 N–H and O–H groups in total. The molecule has 0 saturated heterocycles. The summed E-state index contributed by atoms with van der Waals surface area (Å²) < 4.78 is 17.9. The maximum Gasteiger partial charge on any atom is 0.301 e. The Balaban J connectivity index is 0. The molecule has 0 saturated carbocycles. The molecular weight excluding hydrogens is 120 g/mol. The zero-order valence-electron chi connectivity index (χ0n) is 3.58. The van der Waals surface area contributed by atoms with Gasteiger partial charge < -0.3 is 5.11 Å². The van der Waals surface area contributed by atoms with Crippen LogP contribution in [0.5, 0.6) is 0 Å². The Morgan fingerprint density at radius 3 is 1.57 bits per heavy atom. The summed E-state index contributed by atoms with van der Waals surface area (Å²) in [5.74, 6) is 0. The highest BCUT2D eigenvalue weighted by Crippen LogP contribution is 1.15. The van der Waals surface area contributed by atoms with Crippen molar-refractivity contribution >= 4 is 15.5 Å². The lowest BCUT2D eigenvalue weighted by Gasteiger charge is -1.21. The fraction of sp³-hybridized carbons (Fsp3) is 0.500. The summed E-state index contributed by atoms with van der Waals surface area (Å²) >= 11 is 0. The first-order chi connectivity index (χ1) is 3.27. The first kappa shape index (κ1) is 9.61. The highest BCUT2D eigenvalue weighted by molar-refractivity contribution is 7.70. The van der Waals surface area contributed by atoms with Crippen molar-refractivity contribution in [1.82, 2.24) is 0 Å².